The fourth-order valence-corrected chi connectivity index (χ4v) is 3.26. The molecule has 1 aliphatic heterocycles. The van der Waals surface area contributed by atoms with Crippen molar-refractivity contribution in [3.63, 3.8) is 0 Å². The van der Waals surface area contributed by atoms with Crippen LogP contribution in [0.25, 0.3) is 0 Å². The van der Waals surface area contributed by atoms with E-state index in [0.717, 1.165) is 25.9 Å². The van der Waals surface area contributed by atoms with Crippen LogP contribution in [-0.4, -0.2) is 50.9 Å². The van der Waals surface area contributed by atoms with Gasteiger partial charge in [-0.3, -0.25) is 4.79 Å². The summed E-state index contributed by atoms with van der Waals surface area (Å²) < 4.78 is 22.4. The molecule has 0 bridgehead atoms. The van der Waals surface area contributed by atoms with Crippen molar-refractivity contribution in [1.82, 2.24) is 4.90 Å². The van der Waals surface area contributed by atoms with Gasteiger partial charge in [0.1, 0.15) is 9.84 Å². The van der Waals surface area contributed by atoms with Gasteiger partial charge in [0, 0.05) is 6.26 Å². The summed E-state index contributed by atoms with van der Waals surface area (Å²) in [6, 6.07) is 0. The number of hydrogen-bond acceptors (Lipinski definition) is 4. The van der Waals surface area contributed by atoms with Crippen molar-refractivity contribution in [3.8, 4) is 0 Å². The monoisotopic (exact) mass is 262 g/mol. The minimum absolute atomic E-state index is 0.129. The SMILES string of the molecule is CS(=O)(=O)CC(CCN1CCCCC1)C(N)=O. The van der Waals surface area contributed by atoms with Gasteiger partial charge in [-0.1, -0.05) is 6.42 Å². The van der Waals surface area contributed by atoms with Crippen LogP contribution >= 0.6 is 0 Å². The van der Waals surface area contributed by atoms with Gasteiger partial charge >= 0.3 is 0 Å². The van der Waals surface area contributed by atoms with Crippen molar-refractivity contribution >= 4 is 15.7 Å². The second-order valence-electron chi connectivity index (χ2n) is 4.88. The van der Waals surface area contributed by atoms with E-state index in [1.54, 1.807) is 0 Å². The minimum atomic E-state index is -3.14. The lowest BCUT2D eigenvalue weighted by Gasteiger charge is -2.27. The predicted octanol–water partition coefficient (Wildman–Crippen LogP) is 0.00850. The predicted molar refractivity (Wildman–Crippen MR) is 67.3 cm³/mol. The number of primary amides is 1. The van der Waals surface area contributed by atoms with Crippen molar-refractivity contribution in [1.29, 1.82) is 0 Å². The zero-order valence-electron chi connectivity index (χ0n) is 10.4. The van der Waals surface area contributed by atoms with Crippen molar-refractivity contribution in [2.45, 2.75) is 25.7 Å². The van der Waals surface area contributed by atoms with Gasteiger partial charge in [0.05, 0.1) is 11.7 Å². The van der Waals surface area contributed by atoms with Crippen molar-refractivity contribution in [2.75, 3.05) is 31.6 Å². The molecule has 0 aromatic rings. The van der Waals surface area contributed by atoms with Crippen LogP contribution in [0.3, 0.4) is 0 Å². The summed E-state index contributed by atoms with van der Waals surface area (Å²) >= 11 is 0. The first kappa shape index (κ1) is 14.4. The highest BCUT2D eigenvalue weighted by atomic mass is 32.2. The van der Waals surface area contributed by atoms with Crippen LogP contribution in [0.4, 0.5) is 0 Å². The molecule has 0 radical (unpaired) electrons. The fraction of sp³-hybridized carbons (Fsp3) is 0.909. The number of nitrogens with two attached hydrogens (primary N) is 1. The zero-order chi connectivity index (χ0) is 12.9. The summed E-state index contributed by atoms with van der Waals surface area (Å²) in [7, 11) is -3.14. The van der Waals surface area contributed by atoms with Gasteiger partial charge in [0.15, 0.2) is 0 Å². The lowest BCUT2D eigenvalue weighted by Crippen LogP contribution is -2.36. The summed E-state index contributed by atoms with van der Waals surface area (Å²) in [5.41, 5.74) is 5.24. The van der Waals surface area contributed by atoms with Crippen molar-refractivity contribution in [2.24, 2.45) is 11.7 Å². The summed E-state index contributed by atoms with van der Waals surface area (Å²) in [6.07, 6.45) is 5.33. The second kappa shape index (κ2) is 6.35. The van der Waals surface area contributed by atoms with Crippen LogP contribution in [0.2, 0.25) is 0 Å². The first-order valence-electron chi connectivity index (χ1n) is 6.08. The molecule has 1 unspecified atom stereocenters. The Balaban J connectivity index is 2.41. The van der Waals surface area contributed by atoms with Crippen LogP contribution in [0.15, 0.2) is 0 Å². The molecule has 0 spiro atoms. The zero-order valence-corrected chi connectivity index (χ0v) is 11.2. The highest BCUT2D eigenvalue weighted by molar-refractivity contribution is 7.90. The van der Waals surface area contributed by atoms with E-state index < -0.39 is 21.7 Å². The average Bonchev–Trinajstić information content (AvgIpc) is 2.24. The third-order valence-electron chi connectivity index (χ3n) is 3.15. The molecular formula is C11H22N2O3S. The topological polar surface area (TPSA) is 80.5 Å². The Kier molecular flexibility index (Phi) is 5.39. The quantitative estimate of drug-likeness (QED) is 0.731. The van der Waals surface area contributed by atoms with Crippen molar-refractivity contribution < 1.29 is 13.2 Å². The summed E-state index contributed by atoms with van der Waals surface area (Å²) in [5, 5.41) is 0. The van der Waals surface area contributed by atoms with Crippen LogP contribution in [-0.2, 0) is 14.6 Å². The van der Waals surface area contributed by atoms with Gasteiger partial charge in [-0.05, 0) is 38.9 Å². The molecular weight excluding hydrogens is 240 g/mol. The normalized spacial score (nSPS) is 20.1. The molecule has 1 atom stereocenters. The van der Waals surface area contributed by atoms with E-state index in [9.17, 15) is 13.2 Å². The second-order valence-corrected chi connectivity index (χ2v) is 7.07. The van der Waals surface area contributed by atoms with Gasteiger partial charge in [0.25, 0.3) is 0 Å². The van der Waals surface area contributed by atoms with E-state index in [0.29, 0.717) is 6.42 Å². The van der Waals surface area contributed by atoms with Gasteiger partial charge in [-0.25, -0.2) is 8.42 Å². The summed E-state index contributed by atoms with van der Waals surface area (Å²) in [6.45, 7) is 2.86. The number of rotatable bonds is 6. The molecule has 0 aromatic heterocycles. The largest absolute Gasteiger partial charge is 0.369 e. The first-order chi connectivity index (χ1) is 7.88. The Labute approximate surface area is 103 Å². The number of carbonyl (C=O) groups excluding carboxylic acids is 1. The van der Waals surface area contributed by atoms with E-state index in [1.165, 1.54) is 19.3 Å². The maximum atomic E-state index is 11.2. The van der Waals surface area contributed by atoms with Crippen LogP contribution in [0, 0.1) is 5.92 Å². The summed E-state index contributed by atoms with van der Waals surface area (Å²) in [5.74, 6) is -1.18. The van der Waals surface area contributed by atoms with Gasteiger partial charge in [-0.15, -0.1) is 0 Å². The third-order valence-corrected chi connectivity index (χ3v) is 4.16. The van der Waals surface area contributed by atoms with Gasteiger partial charge in [0.2, 0.25) is 5.91 Å². The lowest BCUT2D eigenvalue weighted by atomic mass is 10.1. The molecule has 2 N–H and O–H groups in total. The maximum Gasteiger partial charge on any atom is 0.221 e. The van der Waals surface area contributed by atoms with Gasteiger partial charge in [-0.2, -0.15) is 0 Å². The van der Waals surface area contributed by atoms with E-state index in [2.05, 4.69) is 4.90 Å². The first-order valence-corrected chi connectivity index (χ1v) is 8.14. The Morgan fingerprint density at radius 2 is 1.88 bits per heavy atom. The summed E-state index contributed by atoms with van der Waals surface area (Å²) in [4.78, 5) is 13.5. The molecule has 1 saturated heterocycles. The molecule has 100 valence electrons. The number of amides is 1. The van der Waals surface area contributed by atoms with E-state index in [4.69, 9.17) is 5.73 Å². The Morgan fingerprint density at radius 3 is 2.35 bits per heavy atom. The Bertz CT molecular complexity index is 348. The van der Waals surface area contributed by atoms with E-state index in [-0.39, 0.29) is 5.75 Å². The molecule has 5 nitrogen and oxygen atoms in total. The molecule has 1 rings (SSSR count). The molecule has 0 aliphatic carbocycles. The average molecular weight is 262 g/mol. The fourth-order valence-electron chi connectivity index (χ4n) is 2.19. The van der Waals surface area contributed by atoms with Crippen LogP contribution in [0.1, 0.15) is 25.7 Å². The number of piperidine rings is 1. The van der Waals surface area contributed by atoms with Crippen LogP contribution in [0.5, 0.6) is 0 Å². The van der Waals surface area contributed by atoms with Gasteiger partial charge < -0.3 is 10.6 Å². The van der Waals surface area contributed by atoms with E-state index >= 15 is 0 Å². The lowest BCUT2D eigenvalue weighted by molar-refractivity contribution is -0.121. The molecule has 17 heavy (non-hydrogen) atoms. The molecule has 1 aliphatic rings. The number of nitrogens with zero attached hydrogens (tertiary/aromatic N) is 1. The molecule has 0 saturated carbocycles. The molecule has 1 fully saturated rings. The maximum absolute atomic E-state index is 11.2. The number of carbonyl (C=O) groups is 1. The number of likely N-dealkylation sites (tertiary alicyclic amines) is 1. The highest BCUT2D eigenvalue weighted by Crippen LogP contribution is 2.12. The van der Waals surface area contributed by atoms with E-state index in [1.807, 2.05) is 0 Å². The molecule has 1 amide bonds. The number of hydrogen-bond donors (Lipinski definition) is 1. The Morgan fingerprint density at radius 1 is 1.29 bits per heavy atom. The smallest absolute Gasteiger partial charge is 0.221 e. The molecule has 0 aromatic carbocycles. The minimum Gasteiger partial charge on any atom is -0.369 e. The molecule has 6 heteroatoms. The third kappa shape index (κ3) is 6.02. The molecule has 1 heterocycles. The van der Waals surface area contributed by atoms with Crippen LogP contribution < -0.4 is 5.73 Å². The van der Waals surface area contributed by atoms with Crippen molar-refractivity contribution in [3.05, 3.63) is 0 Å². The number of sulfone groups is 1. The highest BCUT2D eigenvalue weighted by Gasteiger charge is 2.22. The standard InChI is InChI=1S/C11H22N2O3S/c1-17(15,16)9-10(11(12)14)5-8-13-6-3-2-4-7-13/h10H,2-9H2,1H3,(H2,12,14). The Hall–Kier alpha value is -0.620.